The Morgan fingerprint density at radius 3 is 1.03 bits per heavy atom. The molecular formula is C70H69F4N13O7S3. The van der Waals surface area contributed by atoms with Crippen molar-refractivity contribution in [2.45, 2.75) is 113 Å². The van der Waals surface area contributed by atoms with E-state index in [1.807, 2.05) is 46.8 Å². The van der Waals surface area contributed by atoms with E-state index < -0.39 is 59.2 Å². The predicted molar refractivity (Wildman–Crippen MR) is 367 cm³/mol. The van der Waals surface area contributed by atoms with Crippen molar-refractivity contribution in [1.82, 2.24) is 44.3 Å². The normalized spacial score (nSPS) is 12.4. The van der Waals surface area contributed by atoms with Crippen LogP contribution in [0.1, 0.15) is 114 Å². The Morgan fingerprint density at radius 2 is 0.732 bits per heavy atom. The van der Waals surface area contributed by atoms with Crippen LogP contribution in [0, 0.1) is 0 Å². The molecule has 0 saturated heterocycles. The number of nitrogens with one attached hydrogen (secondary N) is 3. The second-order valence-corrected chi connectivity index (χ2v) is 30.3. The van der Waals surface area contributed by atoms with Crippen molar-refractivity contribution >= 4 is 86.1 Å². The fraction of sp³-hybridized carbons (Fsp3) is 0.214. The lowest BCUT2D eigenvalue weighted by Gasteiger charge is -2.19. The van der Waals surface area contributed by atoms with Crippen LogP contribution in [0.15, 0.2) is 215 Å². The number of primary amides is 1. The lowest BCUT2D eigenvalue weighted by Crippen LogP contribution is -2.17. The van der Waals surface area contributed by atoms with Gasteiger partial charge in [-0.25, -0.2) is 39.3 Å². The zero-order valence-electron chi connectivity index (χ0n) is 54.3. The standard InChI is InChI=1S/C24H24F2N4O2S.C23H22F2N4O2S.C23H23N5O3S/c1-23(2,3)16-10-12-17(13-11-16)33(31,32)29-22-15-21(24(4,25)26)28-30(22)20-9-5-8-19-18(20)7-6-14-27-19;1-15(2)16-9-11-17(12-10-16)32(30,31)28-22-14-21(23(3,24)25)27-29(22)20-8-4-7-19-18(20)6-5-13-26-19;1-23(2,3)15-9-11-16(12-10-15)32(30,31)27-21-14-19(22(24)29)26-28(21)20-8-4-7-18-17(20)6-5-13-25-18/h5-15,29H,1-4H3;4-15,28H,1-3H3;4-14,27H,1-3H3,(H2,24,29). The number of carbonyl (C=O) groups excluding carboxylic acids is 1. The van der Waals surface area contributed by atoms with Gasteiger partial charge in [-0.1, -0.05) is 110 Å². The molecule has 6 aromatic carbocycles. The number of halogens is 4. The van der Waals surface area contributed by atoms with Gasteiger partial charge in [0.25, 0.3) is 47.8 Å². The molecule has 0 spiro atoms. The van der Waals surface area contributed by atoms with Crippen LogP contribution in [0.2, 0.25) is 0 Å². The molecule has 12 aromatic rings. The number of hydrogen-bond acceptors (Lipinski definition) is 13. The van der Waals surface area contributed by atoms with E-state index in [1.54, 1.807) is 146 Å². The Kier molecular flexibility index (Phi) is 19.1. The average molecular weight is 1380 g/mol. The number of anilines is 3. The van der Waals surface area contributed by atoms with Crippen molar-refractivity contribution in [2.24, 2.45) is 5.73 Å². The van der Waals surface area contributed by atoms with Crippen molar-refractivity contribution in [1.29, 1.82) is 0 Å². The first-order valence-electron chi connectivity index (χ1n) is 30.3. The van der Waals surface area contributed by atoms with Crippen molar-refractivity contribution < 1.29 is 47.6 Å². The number of nitrogens with two attached hydrogens (primary N) is 1. The number of benzene rings is 6. The number of carbonyl (C=O) groups is 1. The molecule has 6 heterocycles. The number of sulfonamides is 3. The largest absolute Gasteiger partial charge is 0.364 e. The van der Waals surface area contributed by atoms with Gasteiger partial charge in [-0.2, -0.15) is 32.9 Å². The molecule has 1 amide bonds. The summed E-state index contributed by atoms with van der Waals surface area (Å²) < 4.78 is 146. The highest BCUT2D eigenvalue weighted by Gasteiger charge is 2.33. The minimum atomic E-state index is -4.06. The van der Waals surface area contributed by atoms with Gasteiger partial charge < -0.3 is 5.73 Å². The summed E-state index contributed by atoms with van der Waals surface area (Å²) in [5.74, 6) is -7.13. The number of pyridine rings is 3. The molecule has 27 heteroatoms. The zero-order valence-corrected chi connectivity index (χ0v) is 56.8. The summed E-state index contributed by atoms with van der Waals surface area (Å²) in [5.41, 5.74) is 10.4. The molecule has 6 aromatic heterocycles. The Morgan fingerprint density at radius 1 is 0.423 bits per heavy atom. The third kappa shape index (κ3) is 15.6. The SMILES string of the molecule is CC(C)(C)c1ccc(S(=O)(=O)Nc2cc(C(C)(F)F)nn2-c2cccc3ncccc23)cc1.CC(C)(C)c1ccc(S(=O)(=O)Nc2cc(C(N)=O)nn2-c2cccc3ncccc23)cc1.CC(C)c1ccc(S(=O)(=O)Nc2cc(C(C)(F)F)nn2-c2cccc3ncccc23)cc1. The first kappa shape index (κ1) is 69.4. The molecule has 12 rings (SSSR count). The topological polar surface area (TPSA) is 274 Å². The molecule has 0 fully saturated rings. The third-order valence-electron chi connectivity index (χ3n) is 15.5. The summed E-state index contributed by atoms with van der Waals surface area (Å²) >= 11 is 0. The summed E-state index contributed by atoms with van der Waals surface area (Å²) in [5, 5.41) is 14.3. The van der Waals surface area contributed by atoms with E-state index in [9.17, 15) is 47.6 Å². The minimum Gasteiger partial charge on any atom is -0.364 e. The van der Waals surface area contributed by atoms with E-state index in [4.69, 9.17) is 5.73 Å². The van der Waals surface area contributed by atoms with Gasteiger partial charge in [0.15, 0.2) is 5.69 Å². The van der Waals surface area contributed by atoms with E-state index in [2.05, 4.69) is 65.2 Å². The second kappa shape index (κ2) is 26.7. The summed E-state index contributed by atoms with van der Waals surface area (Å²) in [4.78, 5) is 24.8. The lowest BCUT2D eigenvalue weighted by molar-refractivity contribution is 0.0118. The predicted octanol–water partition coefficient (Wildman–Crippen LogP) is 14.7. The molecule has 0 atom stereocenters. The van der Waals surface area contributed by atoms with E-state index in [0.29, 0.717) is 58.2 Å². The van der Waals surface area contributed by atoms with Gasteiger partial charge >= 0.3 is 0 Å². The van der Waals surface area contributed by atoms with Gasteiger partial charge in [0.2, 0.25) is 0 Å². The van der Waals surface area contributed by atoms with Gasteiger partial charge in [0.1, 0.15) is 28.8 Å². The second-order valence-electron chi connectivity index (χ2n) is 25.3. The summed E-state index contributed by atoms with van der Waals surface area (Å²) in [6.07, 6.45) is 4.89. The highest BCUT2D eigenvalue weighted by Crippen LogP contribution is 2.36. The number of hydrogen-bond donors (Lipinski definition) is 4. The van der Waals surface area contributed by atoms with Crippen LogP contribution in [0.4, 0.5) is 35.0 Å². The molecule has 20 nitrogen and oxygen atoms in total. The molecule has 0 unspecified atom stereocenters. The number of alkyl halides is 4. The van der Waals surface area contributed by atoms with Gasteiger partial charge in [0, 0.05) is 66.8 Å². The molecule has 0 aliphatic rings. The molecule has 502 valence electrons. The average Bonchev–Trinajstić information content (AvgIpc) is 1.69. The number of fused-ring (bicyclic) bond motifs is 3. The Hall–Kier alpha value is -10.4. The summed E-state index contributed by atoms with van der Waals surface area (Å²) in [7, 11) is -12.1. The van der Waals surface area contributed by atoms with Crippen LogP contribution in [0.25, 0.3) is 49.8 Å². The lowest BCUT2D eigenvalue weighted by atomic mass is 9.87. The zero-order chi connectivity index (χ0) is 70.2. The van der Waals surface area contributed by atoms with Gasteiger partial charge in [-0.15, -0.1) is 0 Å². The fourth-order valence-electron chi connectivity index (χ4n) is 10.2. The maximum absolute atomic E-state index is 14.1. The minimum absolute atomic E-state index is 0.0210. The van der Waals surface area contributed by atoms with E-state index in [-0.39, 0.29) is 54.6 Å². The highest BCUT2D eigenvalue weighted by molar-refractivity contribution is 7.93. The Balaban J connectivity index is 0.000000158. The van der Waals surface area contributed by atoms with Crippen LogP contribution in [0.5, 0.6) is 0 Å². The molecule has 0 aliphatic carbocycles. The van der Waals surface area contributed by atoms with Crippen LogP contribution < -0.4 is 19.9 Å². The number of rotatable bonds is 16. The summed E-state index contributed by atoms with van der Waals surface area (Å²) in [6.45, 7) is 17.7. The van der Waals surface area contributed by atoms with Crippen molar-refractivity contribution in [3.05, 3.63) is 234 Å². The molecule has 5 N–H and O–H groups in total. The number of nitrogens with zero attached hydrogens (tertiary/aromatic N) is 9. The molecule has 0 radical (unpaired) electrons. The Labute approximate surface area is 558 Å². The molecular weight excluding hydrogens is 1310 g/mol. The highest BCUT2D eigenvalue weighted by atomic mass is 32.2. The van der Waals surface area contributed by atoms with Gasteiger partial charge in [-0.3, -0.25) is 33.9 Å². The smallest absolute Gasteiger partial charge is 0.288 e. The van der Waals surface area contributed by atoms with E-state index in [1.165, 1.54) is 44.4 Å². The van der Waals surface area contributed by atoms with Crippen molar-refractivity contribution in [3.8, 4) is 17.1 Å². The number of amides is 1. The van der Waals surface area contributed by atoms with E-state index in [0.717, 1.165) is 34.2 Å². The quantitative estimate of drug-likeness (QED) is 0.0656. The first-order chi connectivity index (χ1) is 45.5. The maximum Gasteiger partial charge on any atom is 0.288 e. The van der Waals surface area contributed by atoms with Gasteiger partial charge in [-0.05, 0) is 143 Å². The van der Waals surface area contributed by atoms with Crippen LogP contribution >= 0.6 is 0 Å². The van der Waals surface area contributed by atoms with Crippen LogP contribution in [-0.4, -0.2) is 75.5 Å². The Bertz CT molecular complexity index is 5240. The monoisotopic (exact) mass is 1380 g/mol. The van der Waals surface area contributed by atoms with Gasteiger partial charge in [0.05, 0.1) is 48.3 Å². The van der Waals surface area contributed by atoms with E-state index >= 15 is 0 Å². The molecule has 0 bridgehead atoms. The first-order valence-corrected chi connectivity index (χ1v) is 34.7. The van der Waals surface area contributed by atoms with Crippen LogP contribution in [-0.2, 0) is 52.7 Å². The third-order valence-corrected chi connectivity index (χ3v) is 19.6. The van der Waals surface area contributed by atoms with Crippen LogP contribution in [0.3, 0.4) is 0 Å². The fourth-order valence-corrected chi connectivity index (χ4v) is 13.3. The summed E-state index contributed by atoms with van der Waals surface area (Å²) in [6, 6.07) is 49.3. The van der Waals surface area contributed by atoms with Crippen molar-refractivity contribution in [2.75, 3.05) is 14.2 Å². The van der Waals surface area contributed by atoms with Crippen molar-refractivity contribution in [3.63, 3.8) is 0 Å². The molecule has 97 heavy (non-hydrogen) atoms. The molecule has 0 aliphatic heterocycles. The maximum atomic E-state index is 14.1. The number of aromatic nitrogens is 9. The molecule has 0 saturated carbocycles.